The van der Waals surface area contributed by atoms with Gasteiger partial charge in [-0.15, -0.1) is 0 Å². The van der Waals surface area contributed by atoms with E-state index < -0.39 is 0 Å². The summed E-state index contributed by atoms with van der Waals surface area (Å²) in [5.41, 5.74) is 2.63. The van der Waals surface area contributed by atoms with Crippen molar-refractivity contribution in [1.29, 1.82) is 0 Å². The fourth-order valence-corrected chi connectivity index (χ4v) is 2.74. The summed E-state index contributed by atoms with van der Waals surface area (Å²) in [7, 11) is 3.87. The summed E-state index contributed by atoms with van der Waals surface area (Å²) < 4.78 is 6.62. The van der Waals surface area contributed by atoms with Crippen LogP contribution in [0.15, 0.2) is 48.5 Å². The first-order valence-electron chi connectivity index (χ1n) is 6.34. The number of hydrogen-bond acceptors (Lipinski definition) is 2. The molecule has 2 aromatic rings. The molecule has 1 atom stereocenters. The van der Waals surface area contributed by atoms with Crippen LogP contribution in [0.4, 0.5) is 0 Å². The minimum atomic E-state index is 0.929. The van der Waals surface area contributed by atoms with Crippen molar-refractivity contribution in [2.24, 2.45) is 0 Å². The van der Waals surface area contributed by atoms with Crippen molar-refractivity contribution in [2.45, 2.75) is 13.1 Å². The predicted octanol–water partition coefficient (Wildman–Crippen LogP) is 1.59. The van der Waals surface area contributed by atoms with Crippen LogP contribution in [-0.4, -0.2) is 35.9 Å². The van der Waals surface area contributed by atoms with Gasteiger partial charge in [-0.25, -0.2) is 0 Å². The van der Waals surface area contributed by atoms with Crippen molar-refractivity contribution >= 4 is 21.2 Å². The maximum absolute atomic E-state index is 5.38. The topological polar surface area (TPSA) is 12.5 Å². The molecule has 2 rings (SSSR count). The zero-order valence-corrected chi connectivity index (χ0v) is 13.9. The molecule has 0 aliphatic heterocycles. The average Bonchev–Trinajstić information content (AvgIpc) is 2.42. The second-order valence-electron chi connectivity index (χ2n) is 4.73. The Morgan fingerprint density at radius 2 is 1.68 bits per heavy atom. The molecule has 0 aliphatic carbocycles. The Morgan fingerprint density at radius 1 is 1.00 bits per heavy atom. The number of rotatable bonds is 5. The molecule has 0 saturated carbocycles. The number of ether oxygens (including phenoxy) is 1. The number of methoxy groups -OCH3 is 1. The monoisotopic (exact) mass is 317 g/mol. The van der Waals surface area contributed by atoms with Crippen molar-refractivity contribution < 1.29 is 4.74 Å². The van der Waals surface area contributed by atoms with Crippen LogP contribution in [0.25, 0.3) is 0 Å². The van der Waals surface area contributed by atoms with Crippen LogP contribution in [0.2, 0.25) is 0 Å². The van der Waals surface area contributed by atoms with E-state index in [0.717, 1.165) is 18.8 Å². The first kappa shape index (κ1) is 14.2. The number of benzene rings is 2. The van der Waals surface area contributed by atoms with Gasteiger partial charge in [-0.1, -0.05) is 0 Å². The summed E-state index contributed by atoms with van der Waals surface area (Å²) in [6.45, 7) is 1.89. The Morgan fingerprint density at radius 3 is 2.37 bits per heavy atom. The molecule has 0 heterocycles. The first-order valence-corrected chi connectivity index (χ1v) is 7.55. The van der Waals surface area contributed by atoms with Crippen LogP contribution in [0.5, 0.6) is 5.75 Å². The van der Waals surface area contributed by atoms with Crippen LogP contribution >= 0.6 is 0 Å². The molecule has 19 heavy (non-hydrogen) atoms. The number of hydrogen-bond donors (Lipinski definition) is 0. The second-order valence-corrected chi connectivity index (χ2v) is 6.04. The minimum absolute atomic E-state index is 0.929. The van der Waals surface area contributed by atoms with Crippen molar-refractivity contribution in [3.63, 3.8) is 0 Å². The van der Waals surface area contributed by atoms with Crippen molar-refractivity contribution in [3.05, 3.63) is 59.7 Å². The van der Waals surface area contributed by atoms with Crippen LogP contribution in [0.1, 0.15) is 11.1 Å². The van der Waals surface area contributed by atoms with E-state index >= 15 is 0 Å². The van der Waals surface area contributed by atoms with Gasteiger partial charge in [-0.3, -0.25) is 0 Å². The van der Waals surface area contributed by atoms with Gasteiger partial charge < -0.3 is 0 Å². The quantitative estimate of drug-likeness (QED) is 0.777. The van der Waals surface area contributed by atoms with Gasteiger partial charge in [-0.2, -0.15) is 0 Å². The van der Waals surface area contributed by atoms with Crippen LogP contribution in [-0.2, 0) is 13.1 Å². The third-order valence-electron chi connectivity index (χ3n) is 3.05. The van der Waals surface area contributed by atoms with E-state index in [-0.39, 0.29) is 0 Å². The Balaban J connectivity index is 2.01. The predicted molar refractivity (Wildman–Crippen MR) is 82.8 cm³/mol. The fraction of sp³-hybridized carbons (Fsp3) is 0.250. The molecule has 2 aromatic carbocycles. The Labute approximate surface area is 123 Å². The Hall–Kier alpha value is -1.24. The molecule has 0 aliphatic rings. The van der Waals surface area contributed by atoms with E-state index in [1.54, 1.807) is 24.0 Å². The van der Waals surface area contributed by atoms with Crippen LogP contribution in [0.3, 0.4) is 0 Å². The van der Waals surface area contributed by atoms with Gasteiger partial charge in [0.15, 0.2) is 0 Å². The second kappa shape index (κ2) is 6.79. The van der Waals surface area contributed by atoms with E-state index in [2.05, 4.69) is 60.5 Å². The zero-order valence-electron chi connectivity index (χ0n) is 11.5. The van der Waals surface area contributed by atoms with Gasteiger partial charge in [0.1, 0.15) is 0 Å². The molecule has 0 N–H and O–H groups in total. The molecule has 0 bridgehead atoms. The SMILES string of the molecule is COc1cc(CN(C)Cc2ccccc2)ccc1[AsH2]. The molecule has 0 amide bonds. The summed E-state index contributed by atoms with van der Waals surface area (Å²) in [6.07, 6.45) is 0. The summed E-state index contributed by atoms with van der Waals surface area (Å²) in [6, 6.07) is 17.0. The summed E-state index contributed by atoms with van der Waals surface area (Å²) in [4.78, 5) is 2.31. The van der Waals surface area contributed by atoms with E-state index in [0.29, 0.717) is 0 Å². The molecule has 1 unspecified atom stereocenters. The van der Waals surface area contributed by atoms with Crippen molar-refractivity contribution in [2.75, 3.05) is 14.2 Å². The van der Waals surface area contributed by atoms with E-state index in [4.69, 9.17) is 4.74 Å². The Bertz CT molecular complexity index is 528. The molecular weight excluding hydrogens is 297 g/mol. The third kappa shape index (κ3) is 4.12. The molecule has 0 spiro atoms. The molecule has 2 nitrogen and oxygen atoms in total. The molecule has 0 radical (unpaired) electrons. The third-order valence-corrected chi connectivity index (χ3v) is 4.05. The molecule has 0 aromatic heterocycles. The van der Waals surface area contributed by atoms with Gasteiger partial charge in [0, 0.05) is 0 Å². The normalized spacial score (nSPS) is 10.7. The van der Waals surface area contributed by atoms with Crippen LogP contribution < -0.4 is 9.09 Å². The van der Waals surface area contributed by atoms with Gasteiger partial charge in [-0.05, 0) is 0 Å². The average molecular weight is 317 g/mol. The molecule has 0 fully saturated rings. The van der Waals surface area contributed by atoms with E-state index in [9.17, 15) is 0 Å². The number of nitrogens with zero attached hydrogens (tertiary/aromatic N) is 1. The molecule has 100 valence electrons. The maximum atomic E-state index is 5.38. The standard InChI is InChI=1S/C16H20AsNO/c1-18(11-13-6-4-3-5-7-13)12-14-8-9-15(17)16(10-14)19-2/h3-10H,11-12,17H2,1-2H3. The van der Waals surface area contributed by atoms with E-state index in [1.165, 1.54) is 15.5 Å². The zero-order chi connectivity index (χ0) is 13.7. The summed E-state index contributed by atoms with van der Waals surface area (Å²) in [5, 5.41) is 0. The van der Waals surface area contributed by atoms with Crippen molar-refractivity contribution in [1.82, 2.24) is 4.90 Å². The van der Waals surface area contributed by atoms with Crippen LogP contribution in [0, 0.1) is 0 Å². The van der Waals surface area contributed by atoms with Crippen molar-refractivity contribution in [3.8, 4) is 5.75 Å². The summed E-state index contributed by atoms with van der Waals surface area (Å²) in [5.74, 6) is 0.991. The van der Waals surface area contributed by atoms with Gasteiger partial charge in [0.2, 0.25) is 0 Å². The molecule has 0 saturated heterocycles. The summed E-state index contributed by atoms with van der Waals surface area (Å²) >= 11 is 1.60. The molecular formula is C16H20AsNO. The Kier molecular flexibility index (Phi) is 5.06. The van der Waals surface area contributed by atoms with Gasteiger partial charge >= 0.3 is 123 Å². The first-order chi connectivity index (χ1) is 9.19. The van der Waals surface area contributed by atoms with Gasteiger partial charge in [0.05, 0.1) is 0 Å². The van der Waals surface area contributed by atoms with Gasteiger partial charge in [0.25, 0.3) is 0 Å². The fourth-order valence-electron chi connectivity index (χ4n) is 2.12. The molecule has 3 heteroatoms. The van der Waals surface area contributed by atoms with E-state index in [1.807, 2.05) is 0 Å².